The third-order valence-electron chi connectivity index (χ3n) is 8.04. The summed E-state index contributed by atoms with van der Waals surface area (Å²) in [5.41, 5.74) is 6.33. The molecule has 2 fully saturated rings. The van der Waals surface area contributed by atoms with Gasteiger partial charge in [0.25, 0.3) is 0 Å². The SMILES string of the molecule is Cc1nc2ccc(-c3cc(C)c4c(c3)CN(C(=O)N3CCC(c5noc(C6CC6)n5)CC3)CCO4)cc2[nH]1. The van der Waals surface area contributed by atoms with Crippen LogP contribution in [0.2, 0.25) is 0 Å². The van der Waals surface area contributed by atoms with Crippen LogP contribution in [0.1, 0.15) is 66.2 Å². The molecule has 0 spiro atoms. The Labute approximate surface area is 221 Å². The lowest BCUT2D eigenvalue weighted by atomic mass is 9.96. The Kier molecular flexibility index (Phi) is 5.60. The van der Waals surface area contributed by atoms with Crippen LogP contribution >= 0.6 is 0 Å². The van der Waals surface area contributed by atoms with E-state index in [0.717, 1.165) is 82.3 Å². The Bertz CT molecular complexity index is 1510. The summed E-state index contributed by atoms with van der Waals surface area (Å²) in [6.07, 6.45) is 4.01. The number of aromatic amines is 1. The lowest BCUT2D eigenvalue weighted by molar-refractivity contribution is 0.133. The number of fused-ring (bicyclic) bond motifs is 2. The molecular formula is C29H32N6O3. The maximum absolute atomic E-state index is 13.6. The van der Waals surface area contributed by atoms with Gasteiger partial charge in [0.2, 0.25) is 5.89 Å². The Hall–Kier alpha value is -3.88. The first-order valence-corrected chi connectivity index (χ1v) is 13.6. The molecule has 0 atom stereocenters. The number of aryl methyl sites for hydroxylation is 2. The van der Waals surface area contributed by atoms with Gasteiger partial charge in [-0.15, -0.1) is 0 Å². The van der Waals surface area contributed by atoms with Gasteiger partial charge in [-0.05, 0) is 80.5 Å². The Morgan fingerprint density at radius 2 is 1.79 bits per heavy atom. The van der Waals surface area contributed by atoms with E-state index in [4.69, 9.17) is 9.26 Å². The number of ether oxygens (including phenoxy) is 1. The van der Waals surface area contributed by atoms with Crippen LogP contribution in [0.25, 0.3) is 22.2 Å². The summed E-state index contributed by atoms with van der Waals surface area (Å²) in [7, 11) is 0. The number of nitrogens with zero attached hydrogens (tertiary/aromatic N) is 5. The first-order valence-electron chi connectivity index (χ1n) is 13.6. The standard InChI is InChI=1S/C29H32N6O3/c1-17-13-22(21-5-6-24-25(15-21)31-18(2)30-24)14-23-16-35(11-12-37-26(17)23)29(36)34-9-7-19(8-10-34)27-32-28(38-33-27)20-3-4-20/h5-6,13-15,19-20H,3-4,7-12,16H2,1-2H3,(H,30,31). The number of hydrogen-bond donors (Lipinski definition) is 1. The summed E-state index contributed by atoms with van der Waals surface area (Å²) in [4.78, 5) is 30.0. The third kappa shape index (κ3) is 4.29. The number of benzene rings is 2. The molecule has 1 N–H and O–H groups in total. The summed E-state index contributed by atoms with van der Waals surface area (Å²) >= 11 is 0. The number of amides is 2. The van der Waals surface area contributed by atoms with Crippen LogP contribution in [-0.4, -0.2) is 62.2 Å². The number of hydrogen-bond acceptors (Lipinski definition) is 6. The molecule has 0 bridgehead atoms. The number of nitrogens with one attached hydrogen (secondary N) is 1. The van der Waals surface area contributed by atoms with Gasteiger partial charge in [0.15, 0.2) is 5.82 Å². The molecule has 4 aromatic rings. The summed E-state index contributed by atoms with van der Waals surface area (Å²) < 4.78 is 11.6. The molecule has 3 aliphatic rings. The molecule has 1 saturated carbocycles. The van der Waals surface area contributed by atoms with Gasteiger partial charge in [-0.3, -0.25) is 0 Å². The molecule has 9 heteroatoms. The number of carbonyl (C=O) groups excluding carboxylic acids is 1. The van der Waals surface area contributed by atoms with Gasteiger partial charge in [0, 0.05) is 30.5 Å². The summed E-state index contributed by atoms with van der Waals surface area (Å²) in [5.74, 6) is 4.11. The maximum Gasteiger partial charge on any atom is 0.320 e. The van der Waals surface area contributed by atoms with E-state index in [1.165, 1.54) is 0 Å². The van der Waals surface area contributed by atoms with Crippen LogP contribution in [0.5, 0.6) is 5.75 Å². The van der Waals surface area contributed by atoms with Crippen molar-refractivity contribution < 1.29 is 14.1 Å². The molecule has 2 aromatic carbocycles. The van der Waals surface area contributed by atoms with Gasteiger partial charge < -0.3 is 24.0 Å². The number of carbonyl (C=O) groups is 1. The average Bonchev–Trinajstić information content (AvgIpc) is 3.59. The van der Waals surface area contributed by atoms with Crippen molar-refractivity contribution in [3.05, 3.63) is 59.0 Å². The summed E-state index contributed by atoms with van der Waals surface area (Å²) in [5, 5.41) is 4.24. The lowest BCUT2D eigenvalue weighted by Crippen LogP contribution is -2.46. The van der Waals surface area contributed by atoms with Crippen LogP contribution in [0, 0.1) is 13.8 Å². The topological polar surface area (TPSA) is 100 Å². The van der Waals surface area contributed by atoms with Gasteiger partial charge >= 0.3 is 6.03 Å². The lowest BCUT2D eigenvalue weighted by Gasteiger charge is -2.34. The Morgan fingerprint density at radius 1 is 0.947 bits per heavy atom. The van der Waals surface area contributed by atoms with Gasteiger partial charge in [-0.25, -0.2) is 9.78 Å². The fourth-order valence-electron chi connectivity index (χ4n) is 5.80. The number of piperidine rings is 1. The van der Waals surface area contributed by atoms with E-state index >= 15 is 0 Å². The largest absolute Gasteiger partial charge is 0.491 e. The van der Waals surface area contributed by atoms with E-state index < -0.39 is 0 Å². The van der Waals surface area contributed by atoms with E-state index in [1.807, 2.05) is 22.8 Å². The molecule has 7 rings (SSSR count). The molecule has 1 saturated heterocycles. The zero-order valence-corrected chi connectivity index (χ0v) is 21.9. The van der Waals surface area contributed by atoms with Crippen LogP contribution in [0.3, 0.4) is 0 Å². The molecule has 9 nitrogen and oxygen atoms in total. The van der Waals surface area contributed by atoms with E-state index in [1.54, 1.807) is 0 Å². The van der Waals surface area contributed by atoms with Crippen molar-refractivity contribution in [2.45, 2.75) is 57.9 Å². The number of aromatic nitrogens is 4. The van der Waals surface area contributed by atoms with Crippen molar-refractivity contribution in [1.29, 1.82) is 0 Å². The minimum absolute atomic E-state index is 0.0732. The van der Waals surface area contributed by atoms with Crippen molar-refractivity contribution in [3.63, 3.8) is 0 Å². The van der Waals surface area contributed by atoms with E-state index in [-0.39, 0.29) is 11.9 Å². The number of urea groups is 1. The predicted molar refractivity (Wildman–Crippen MR) is 142 cm³/mol. The second-order valence-corrected chi connectivity index (χ2v) is 10.9. The number of likely N-dealkylation sites (tertiary alicyclic amines) is 1. The maximum atomic E-state index is 13.6. The predicted octanol–water partition coefficient (Wildman–Crippen LogP) is 5.30. The van der Waals surface area contributed by atoms with Gasteiger partial charge in [0.05, 0.1) is 24.1 Å². The zero-order chi connectivity index (χ0) is 25.8. The summed E-state index contributed by atoms with van der Waals surface area (Å²) in [6, 6.07) is 10.7. The van der Waals surface area contributed by atoms with Crippen molar-refractivity contribution in [1.82, 2.24) is 29.9 Å². The highest BCUT2D eigenvalue weighted by atomic mass is 16.5. The highest BCUT2D eigenvalue weighted by molar-refractivity contribution is 5.82. The quantitative estimate of drug-likeness (QED) is 0.400. The second-order valence-electron chi connectivity index (χ2n) is 10.9. The second kappa shape index (κ2) is 9.15. The minimum atomic E-state index is 0.0732. The first-order chi connectivity index (χ1) is 18.5. The van der Waals surface area contributed by atoms with E-state index in [0.29, 0.717) is 38.7 Å². The molecule has 4 heterocycles. The van der Waals surface area contributed by atoms with Gasteiger partial charge in [-0.2, -0.15) is 4.98 Å². The fraction of sp³-hybridized carbons (Fsp3) is 0.448. The zero-order valence-electron chi connectivity index (χ0n) is 21.9. The average molecular weight is 513 g/mol. The molecule has 38 heavy (non-hydrogen) atoms. The molecule has 2 aromatic heterocycles. The fourth-order valence-corrected chi connectivity index (χ4v) is 5.80. The normalized spacial score (nSPS) is 18.4. The van der Waals surface area contributed by atoms with Crippen molar-refractivity contribution in [2.24, 2.45) is 0 Å². The van der Waals surface area contributed by atoms with Crippen molar-refractivity contribution in [2.75, 3.05) is 26.2 Å². The third-order valence-corrected chi connectivity index (χ3v) is 8.04. The van der Waals surface area contributed by atoms with Gasteiger partial charge in [-0.1, -0.05) is 11.2 Å². The Morgan fingerprint density at radius 3 is 2.61 bits per heavy atom. The molecule has 1 aliphatic carbocycles. The smallest absolute Gasteiger partial charge is 0.320 e. The number of rotatable bonds is 3. The molecule has 2 amide bonds. The van der Waals surface area contributed by atoms with E-state index in [2.05, 4.69) is 51.3 Å². The van der Waals surface area contributed by atoms with Crippen LogP contribution in [-0.2, 0) is 6.54 Å². The van der Waals surface area contributed by atoms with Crippen molar-refractivity contribution >= 4 is 17.1 Å². The highest BCUT2D eigenvalue weighted by Crippen LogP contribution is 2.40. The molecule has 196 valence electrons. The molecular weight excluding hydrogens is 480 g/mol. The van der Waals surface area contributed by atoms with Crippen LogP contribution < -0.4 is 4.74 Å². The highest BCUT2D eigenvalue weighted by Gasteiger charge is 2.33. The van der Waals surface area contributed by atoms with Gasteiger partial charge in [0.1, 0.15) is 18.2 Å². The first kappa shape index (κ1) is 23.3. The van der Waals surface area contributed by atoms with Crippen LogP contribution in [0.15, 0.2) is 34.9 Å². The van der Waals surface area contributed by atoms with Crippen molar-refractivity contribution in [3.8, 4) is 16.9 Å². The monoisotopic (exact) mass is 512 g/mol. The Balaban J connectivity index is 1.07. The number of imidazole rings is 1. The molecule has 0 unspecified atom stereocenters. The number of H-pyrrole nitrogens is 1. The van der Waals surface area contributed by atoms with E-state index in [9.17, 15) is 4.79 Å². The summed E-state index contributed by atoms with van der Waals surface area (Å²) in [6.45, 7) is 7.03. The minimum Gasteiger partial charge on any atom is -0.491 e. The van der Waals surface area contributed by atoms with Crippen LogP contribution in [0.4, 0.5) is 4.79 Å². The molecule has 2 aliphatic heterocycles. The molecule has 0 radical (unpaired) electrons.